The van der Waals surface area contributed by atoms with Gasteiger partial charge >= 0.3 is 0 Å². The van der Waals surface area contributed by atoms with E-state index in [0.29, 0.717) is 18.3 Å². The zero-order chi connectivity index (χ0) is 20.9. The highest BCUT2D eigenvalue weighted by molar-refractivity contribution is 5.76. The zero-order valence-corrected chi connectivity index (χ0v) is 18.3. The number of aromatic nitrogens is 2. The summed E-state index contributed by atoms with van der Waals surface area (Å²) in [6, 6.07) is 11.1. The molecule has 0 radical (unpaired) electrons. The van der Waals surface area contributed by atoms with Gasteiger partial charge in [-0.25, -0.2) is 0 Å². The van der Waals surface area contributed by atoms with Crippen molar-refractivity contribution < 1.29 is 9.53 Å². The summed E-state index contributed by atoms with van der Waals surface area (Å²) in [5, 5.41) is 7.74. The monoisotopic (exact) mass is 407 g/mol. The van der Waals surface area contributed by atoms with Gasteiger partial charge in [0, 0.05) is 31.5 Å². The number of ether oxygens (including phenoxy) is 1. The van der Waals surface area contributed by atoms with Gasteiger partial charge in [-0.15, -0.1) is 0 Å². The predicted octanol–water partition coefficient (Wildman–Crippen LogP) is 4.34. The van der Waals surface area contributed by atoms with Gasteiger partial charge in [0.1, 0.15) is 0 Å². The molecule has 5 atom stereocenters. The van der Waals surface area contributed by atoms with Crippen LogP contribution in [0.15, 0.2) is 42.7 Å². The van der Waals surface area contributed by atoms with Gasteiger partial charge in [-0.3, -0.25) is 9.48 Å². The van der Waals surface area contributed by atoms with Gasteiger partial charge in [0.25, 0.3) is 0 Å². The van der Waals surface area contributed by atoms with E-state index in [0.717, 1.165) is 19.6 Å². The van der Waals surface area contributed by atoms with Crippen molar-refractivity contribution in [2.75, 3.05) is 6.61 Å². The van der Waals surface area contributed by atoms with Crippen LogP contribution in [0, 0.1) is 22.7 Å². The fourth-order valence-corrected chi connectivity index (χ4v) is 6.77. The van der Waals surface area contributed by atoms with Gasteiger partial charge in [0.2, 0.25) is 5.91 Å². The van der Waals surface area contributed by atoms with Crippen LogP contribution in [-0.2, 0) is 16.1 Å². The second-order valence-electron chi connectivity index (χ2n) is 10.1. The number of hydrogen-bond acceptors (Lipinski definition) is 3. The molecule has 2 bridgehead atoms. The summed E-state index contributed by atoms with van der Waals surface area (Å²) in [7, 11) is 0. The maximum absolute atomic E-state index is 12.4. The fraction of sp³-hybridized carbons (Fsp3) is 0.600. The Hall–Kier alpha value is -2.14. The minimum Gasteiger partial charge on any atom is -0.373 e. The number of carbonyl (C=O) groups is 1. The molecule has 2 heterocycles. The molecule has 1 aliphatic heterocycles. The first-order valence-electron chi connectivity index (χ1n) is 11.4. The van der Waals surface area contributed by atoms with E-state index in [-0.39, 0.29) is 28.9 Å². The van der Waals surface area contributed by atoms with Crippen LogP contribution in [0.1, 0.15) is 63.7 Å². The molecule has 5 heteroatoms. The molecule has 1 N–H and O–H groups in total. The molecule has 1 aromatic carbocycles. The molecule has 1 amide bonds. The third-order valence-electron chi connectivity index (χ3n) is 8.34. The first-order valence-corrected chi connectivity index (χ1v) is 11.4. The Kier molecular flexibility index (Phi) is 4.77. The van der Waals surface area contributed by atoms with Gasteiger partial charge in [0.05, 0.1) is 12.6 Å². The van der Waals surface area contributed by atoms with Gasteiger partial charge < -0.3 is 10.1 Å². The van der Waals surface area contributed by atoms with Crippen LogP contribution >= 0.6 is 0 Å². The van der Waals surface area contributed by atoms with Crippen LogP contribution in [0.5, 0.6) is 0 Å². The molecule has 30 heavy (non-hydrogen) atoms. The number of nitrogens with zero attached hydrogens (tertiary/aromatic N) is 2. The van der Waals surface area contributed by atoms with Gasteiger partial charge in [0.15, 0.2) is 0 Å². The summed E-state index contributed by atoms with van der Waals surface area (Å²) >= 11 is 0. The van der Waals surface area contributed by atoms with Crippen molar-refractivity contribution in [1.29, 1.82) is 0 Å². The number of rotatable bonds is 5. The van der Waals surface area contributed by atoms with Gasteiger partial charge in [-0.2, -0.15) is 5.10 Å². The third-order valence-corrected chi connectivity index (χ3v) is 8.34. The van der Waals surface area contributed by atoms with E-state index in [9.17, 15) is 4.79 Å². The summed E-state index contributed by atoms with van der Waals surface area (Å²) in [4.78, 5) is 12.4. The highest BCUT2D eigenvalue weighted by atomic mass is 16.5. The van der Waals surface area contributed by atoms with E-state index in [2.05, 4.69) is 48.5 Å². The Balaban J connectivity index is 1.40. The zero-order valence-electron chi connectivity index (χ0n) is 18.3. The van der Waals surface area contributed by atoms with Crippen LogP contribution in [-0.4, -0.2) is 28.3 Å². The Bertz CT molecular complexity index is 905. The Morgan fingerprint density at radius 3 is 2.80 bits per heavy atom. The van der Waals surface area contributed by atoms with Crippen LogP contribution in [0.3, 0.4) is 0 Å². The van der Waals surface area contributed by atoms with Crippen molar-refractivity contribution in [3.63, 3.8) is 0 Å². The predicted molar refractivity (Wildman–Crippen MR) is 116 cm³/mol. The molecule has 2 aromatic rings. The van der Waals surface area contributed by atoms with Crippen molar-refractivity contribution >= 4 is 5.91 Å². The highest BCUT2D eigenvalue weighted by Gasteiger charge is 2.68. The molecule has 3 aliphatic rings. The summed E-state index contributed by atoms with van der Waals surface area (Å²) in [5.41, 5.74) is 2.83. The molecule has 1 aromatic heterocycles. The molecule has 1 spiro atoms. The number of carbonyl (C=O) groups excluding carboxylic acids is 1. The quantitative estimate of drug-likeness (QED) is 0.802. The lowest BCUT2D eigenvalue weighted by Crippen LogP contribution is -2.58. The molecule has 5 nitrogen and oxygen atoms in total. The highest BCUT2D eigenvalue weighted by Crippen LogP contribution is 2.70. The van der Waals surface area contributed by atoms with E-state index < -0.39 is 0 Å². The normalized spacial score (nSPS) is 34.0. The number of amides is 1. The maximum atomic E-state index is 12.4. The Morgan fingerprint density at radius 1 is 1.30 bits per heavy atom. The van der Waals surface area contributed by atoms with E-state index >= 15 is 0 Å². The minimum atomic E-state index is 0.125. The molecule has 3 fully saturated rings. The van der Waals surface area contributed by atoms with Crippen LogP contribution in [0.4, 0.5) is 0 Å². The van der Waals surface area contributed by atoms with Crippen molar-refractivity contribution in [2.24, 2.45) is 22.7 Å². The van der Waals surface area contributed by atoms with Crippen molar-refractivity contribution in [3.05, 3.63) is 53.9 Å². The fourth-order valence-electron chi connectivity index (χ4n) is 6.77. The van der Waals surface area contributed by atoms with Crippen molar-refractivity contribution in [2.45, 2.75) is 65.1 Å². The molecular weight excluding hydrogens is 374 g/mol. The molecule has 160 valence electrons. The second kappa shape index (κ2) is 7.23. The lowest BCUT2D eigenvalue weighted by atomic mass is 9.59. The molecule has 1 unspecified atom stereocenters. The van der Waals surface area contributed by atoms with E-state index in [4.69, 9.17) is 4.74 Å². The lowest BCUT2D eigenvalue weighted by molar-refractivity contribution is -0.137. The largest absolute Gasteiger partial charge is 0.373 e. The molecular formula is C25H33N3O2. The molecule has 5 rings (SSSR count). The van der Waals surface area contributed by atoms with E-state index in [1.54, 1.807) is 0 Å². The van der Waals surface area contributed by atoms with E-state index in [1.165, 1.54) is 24.0 Å². The van der Waals surface area contributed by atoms with Crippen molar-refractivity contribution in [1.82, 2.24) is 15.1 Å². The maximum Gasteiger partial charge on any atom is 0.219 e. The number of hydrogen-bond donors (Lipinski definition) is 1. The smallest absolute Gasteiger partial charge is 0.219 e. The van der Waals surface area contributed by atoms with Crippen LogP contribution < -0.4 is 5.32 Å². The van der Waals surface area contributed by atoms with Gasteiger partial charge in [-0.05, 0) is 59.1 Å². The average molecular weight is 408 g/mol. The summed E-state index contributed by atoms with van der Waals surface area (Å²) in [6.45, 7) is 8.23. The Labute approximate surface area is 179 Å². The Morgan fingerprint density at radius 2 is 2.10 bits per heavy atom. The third kappa shape index (κ3) is 3.01. The SMILES string of the molecule is CCC(=O)N[C@H]1C(C)(C)[C@@H]2C[C@@H]3[C@@H](c4ccc(Cn5cccn5)cc4)OCCC31C2. The average Bonchev–Trinajstić information content (AvgIpc) is 3.43. The number of fused-ring (bicyclic) bond motifs is 1. The summed E-state index contributed by atoms with van der Waals surface area (Å²) in [5.74, 6) is 1.30. The lowest BCUT2D eigenvalue weighted by Gasteiger charge is -2.53. The molecule has 1 saturated heterocycles. The topological polar surface area (TPSA) is 56.2 Å². The summed E-state index contributed by atoms with van der Waals surface area (Å²) in [6.07, 6.45) is 7.95. The first-order chi connectivity index (χ1) is 14.4. The number of benzene rings is 1. The van der Waals surface area contributed by atoms with Gasteiger partial charge in [-0.1, -0.05) is 45.0 Å². The summed E-state index contributed by atoms with van der Waals surface area (Å²) < 4.78 is 8.33. The second-order valence-corrected chi connectivity index (χ2v) is 10.1. The van der Waals surface area contributed by atoms with Crippen LogP contribution in [0.2, 0.25) is 0 Å². The van der Waals surface area contributed by atoms with Crippen molar-refractivity contribution in [3.8, 4) is 0 Å². The molecule has 2 saturated carbocycles. The van der Waals surface area contributed by atoms with E-state index in [1.807, 2.05) is 30.1 Å². The first kappa shape index (κ1) is 19.8. The van der Waals surface area contributed by atoms with Crippen LogP contribution in [0.25, 0.3) is 0 Å². The minimum absolute atomic E-state index is 0.125. The standard InChI is InChI=1S/C25H33N3O2/c1-4-21(29)27-23-24(2,3)19-14-20-22(30-13-10-25(20,23)15-19)18-8-6-17(7-9-18)16-28-12-5-11-26-28/h5-9,11-12,19-20,22-23H,4,10,13-16H2,1-3H3,(H,27,29)/t19-,20-,22-,23+,25?/m1/s1. The molecule has 2 aliphatic carbocycles. The number of nitrogens with one attached hydrogen (secondary N) is 1.